The van der Waals surface area contributed by atoms with Gasteiger partial charge in [0.15, 0.2) is 5.13 Å². The molecule has 0 spiro atoms. The predicted molar refractivity (Wildman–Crippen MR) is 146 cm³/mol. The predicted octanol–water partition coefficient (Wildman–Crippen LogP) is 5.27. The van der Waals surface area contributed by atoms with Crippen molar-refractivity contribution in [1.82, 2.24) is 9.88 Å². The third kappa shape index (κ3) is 5.93. The molecule has 0 unspecified atom stereocenters. The Morgan fingerprint density at radius 1 is 1.03 bits per heavy atom. The monoisotopic (exact) mass is 501 g/mol. The highest BCUT2D eigenvalue weighted by Crippen LogP contribution is 2.32. The molecule has 0 radical (unpaired) electrons. The zero-order valence-corrected chi connectivity index (χ0v) is 21.4. The number of hydrogen-bond donors (Lipinski definition) is 0. The number of nitrogens with zero attached hydrogens (tertiary/aromatic N) is 3. The van der Waals surface area contributed by atoms with Crippen LogP contribution in [0.1, 0.15) is 12.5 Å². The number of anilines is 1. The van der Waals surface area contributed by atoms with Gasteiger partial charge in [0.2, 0.25) is 5.91 Å². The maximum atomic E-state index is 13.6. The summed E-state index contributed by atoms with van der Waals surface area (Å²) in [6, 6.07) is 24.5. The Morgan fingerprint density at radius 3 is 2.53 bits per heavy atom. The van der Waals surface area contributed by atoms with Crippen molar-refractivity contribution in [2.24, 2.45) is 0 Å². The number of thiazole rings is 1. The van der Waals surface area contributed by atoms with Gasteiger partial charge in [0, 0.05) is 26.2 Å². The number of benzene rings is 3. The summed E-state index contributed by atoms with van der Waals surface area (Å²) < 4.78 is 12.2. The number of carbonyl (C=O) groups excluding carboxylic acids is 1. The molecule has 1 saturated heterocycles. The SMILES string of the molecule is CCOc1ccc2nc(N(CCN3CCOCC3)C(=O)Cc3ccc(-c4ccccc4)cc3)sc2c1. The van der Waals surface area contributed by atoms with Gasteiger partial charge in [-0.15, -0.1) is 0 Å². The van der Waals surface area contributed by atoms with Crippen LogP contribution in [0, 0.1) is 0 Å². The van der Waals surface area contributed by atoms with E-state index in [2.05, 4.69) is 29.2 Å². The van der Waals surface area contributed by atoms with Crippen LogP contribution in [0.4, 0.5) is 5.13 Å². The van der Waals surface area contributed by atoms with E-state index < -0.39 is 0 Å². The van der Waals surface area contributed by atoms with E-state index in [0.29, 0.717) is 19.6 Å². The molecule has 1 aliphatic rings. The Morgan fingerprint density at radius 2 is 1.78 bits per heavy atom. The first-order valence-corrected chi connectivity index (χ1v) is 13.3. The third-order valence-electron chi connectivity index (χ3n) is 6.35. The lowest BCUT2D eigenvalue weighted by Crippen LogP contribution is -2.43. The van der Waals surface area contributed by atoms with Gasteiger partial charge in [-0.05, 0) is 41.8 Å². The summed E-state index contributed by atoms with van der Waals surface area (Å²) >= 11 is 1.54. The number of ether oxygens (including phenoxy) is 2. The molecule has 0 atom stereocenters. The van der Waals surface area contributed by atoms with Crippen LogP contribution in [-0.4, -0.2) is 61.8 Å². The molecule has 6 nitrogen and oxygen atoms in total. The van der Waals surface area contributed by atoms with Crippen molar-refractivity contribution >= 4 is 32.6 Å². The zero-order chi connectivity index (χ0) is 24.7. The van der Waals surface area contributed by atoms with E-state index in [-0.39, 0.29) is 5.91 Å². The number of rotatable bonds is 9. The van der Waals surface area contributed by atoms with Gasteiger partial charge in [-0.3, -0.25) is 14.6 Å². The molecular weight excluding hydrogens is 470 g/mol. The lowest BCUT2D eigenvalue weighted by molar-refractivity contribution is -0.118. The van der Waals surface area contributed by atoms with Crippen LogP contribution in [0.15, 0.2) is 72.8 Å². The molecule has 1 amide bonds. The Kier molecular flexibility index (Phi) is 7.91. The van der Waals surface area contributed by atoms with Crippen LogP contribution in [0.5, 0.6) is 5.75 Å². The van der Waals surface area contributed by atoms with Gasteiger partial charge in [0.25, 0.3) is 0 Å². The van der Waals surface area contributed by atoms with Gasteiger partial charge in [-0.2, -0.15) is 0 Å². The molecule has 0 aliphatic carbocycles. The second-order valence-corrected chi connectivity index (χ2v) is 9.81. The minimum Gasteiger partial charge on any atom is -0.494 e. The number of hydrogen-bond acceptors (Lipinski definition) is 6. The second kappa shape index (κ2) is 11.6. The minimum absolute atomic E-state index is 0.0554. The molecule has 2 heterocycles. The second-order valence-electron chi connectivity index (χ2n) is 8.80. The summed E-state index contributed by atoms with van der Waals surface area (Å²) in [4.78, 5) is 22.6. The standard InChI is InChI=1S/C29H31N3O3S/c1-2-35-25-12-13-26-27(21-25)36-29(30-26)32(15-14-31-16-18-34-19-17-31)28(33)20-22-8-10-24(11-9-22)23-6-4-3-5-7-23/h3-13,21H,2,14-20H2,1H3. The quantitative estimate of drug-likeness (QED) is 0.313. The molecule has 1 aliphatic heterocycles. The van der Waals surface area contributed by atoms with Crippen molar-refractivity contribution < 1.29 is 14.3 Å². The summed E-state index contributed by atoms with van der Waals surface area (Å²) in [6.45, 7) is 7.24. The van der Waals surface area contributed by atoms with E-state index in [1.165, 1.54) is 5.56 Å². The van der Waals surface area contributed by atoms with Gasteiger partial charge in [0.1, 0.15) is 5.75 Å². The first kappa shape index (κ1) is 24.4. The van der Waals surface area contributed by atoms with Crippen LogP contribution >= 0.6 is 11.3 Å². The van der Waals surface area contributed by atoms with Gasteiger partial charge >= 0.3 is 0 Å². The van der Waals surface area contributed by atoms with E-state index in [1.807, 2.05) is 60.4 Å². The summed E-state index contributed by atoms with van der Waals surface area (Å²) in [5.74, 6) is 0.879. The van der Waals surface area contributed by atoms with Crippen LogP contribution in [-0.2, 0) is 16.0 Å². The van der Waals surface area contributed by atoms with E-state index in [1.54, 1.807) is 11.3 Å². The number of carbonyl (C=O) groups is 1. The van der Waals surface area contributed by atoms with E-state index in [4.69, 9.17) is 14.5 Å². The smallest absolute Gasteiger partial charge is 0.233 e. The lowest BCUT2D eigenvalue weighted by Gasteiger charge is -2.29. The zero-order valence-electron chi connectivity index (χ0n) is 20.6. The largest absolute Gasteiger partial charge is 0.494 e. The number of amides is 1. The molecule has 0 bridgehead atoms. The van der Waals surface area contributed by atoms with Crippen molar-refractivity contribution in [1.29, 1.82) is 0 Å². The molecule has 3 aromatic carbocycles. The van der Waals surface area contributed by atoms with Crippen molar-refractivity contribution in [3.05, 3.63) is 78.4 Å². The molecule has 1 fully saturated rings. The first-order valence-electron chi connectivity index (χ1n) is 12.5. The summed E-state index contributed by atoms with van der Waals surface area (Å²) in [5, 5.41) is 0.734. The maximum Gasteiger partial charge on any atom is 0.233 e. The fraction of sp³-hybridized carbons (Fsp3) is 0.310. The summed E-state index contributed by atoms with van der Waals surface area (Å²) in [7, 11) is 0. The lowest BCUT2D eigenvalue weighted by atomic mass is 10.0. The molecule has 0 saturated carbocycles. The number of fused-ring (bicyclic) bond motifs is 1. The van der Waals surface area contributed by atoms with Gasteiger partial charge in [-0.25, -0.2) is 4.98 Å². The fourth-order valence-corrected chi connectivity index (χ4v) is 5.41. The highest BCUT2D eigenvalue weighted by atomic mass is 32.1. The normalized spacial score (nSPS) is 14.1. The van der Waals surface area contributed by atoms with Gasteiger partial charge < -0.3 is 9.47 Å². The fourth-order valence-electron chi connectivity index (χ4n) is 4.37. The van der Waals surface area contributed by atoms with Crippen LogP contribution in [0.3, 0.4) is 0 Å². The van der Waals surface area contributed by atoms with Crippen molar-refractivity contribution in [3.63, 3.8) is 0 Å². The Labute approximate surface area is 216 Å². The highest BCUT2D eigenvalue weighted by Gasteiger charge is 2.22. The van der Waals surface area contributed by atoms with E-state index >= 15 is 0 Å². The molecule has 7 heteroatoms. The molecule has 0 N–H and O–H groups in total. The van der Waals surface area contributed by atoms with Crippen molar-refractivity contribution in [2.45, 2.75) is 13.3 Å². The first-order chi connectivity index (χ1) is 17.7. The van der Waals surface area contributed by atoms with Crippen LogP contribution in [0.2, 0.25) is 0 Å². The van der Waals surface area contributed by atoms with Crippen molar-refractivity contribution in [3.8, 4) is 16.9 Å². The van der Waals surface area contributed by atoms with Gasteiger partial charge in [0.05, 0.1) is 36.5 Å². The number of morpholine rings is 1. The molecule has 186 valence electrons. The molecular formula is C29H31N3O3S. The van der Waals surface area contributed by atoms with Gasteiger partial charge in [-0.1, -0.05) is 65.9 Å². The molecule has 5 rings (SSSR count). The Hall–Kier alpha value is -3.26. The van der Waals surface area contributed by atoms with Crippen molar-refractivity contribution in [2.75, 3.05) is 50.9 Å². The molecule has 1 aromatic heterocycles. The van der Waals surface area contributed by atoms with E-state index in [9.17, 15) is 4.79 Å². The Balaban J connectivity index is 1.35. The Bertz CT molecular complexity index is 1280. The van der Waals surface area contributed by atoms with E-state index in [0.717, 1.165) is 65.1 Å². The molecule has 4 aromatic rings. The van der Waals surface area contributed by atoms with Crippen LogP contribution in [0.25, 0.3) is 21.3 Å². The topological polar surface area (TPSA) is 54.9 Å². The summed E-state index contributed by atoms with van der Waals surface area (Å²) in [6.07, 6.45) is 0.332. The summed E-state index contributed by atoms with van der Waals surface area (Å²) in [5.41, 5.74) is 4.20. The average molecular weight is 502 g/mol. The maximum absolute atomic E-state index is 13.6. The van der Waals surface area contributed by atoms with Crippen LogP contribution < -0.4 is 9.64 Å². The number of aromatic nitrogens is 1. The molecule has 36 heavy (non-hydrogen) atoms. The average Bonchev–Trinajstić information content (AvgIpc) is 3.33. The highest BCUT2D eigenvalue weighted by molar-refractivity contribution is 7.22. The third-order valence-corrected chi connectivity index (χ3v) is 7.39. The minimum atomic E-state index is 0.0554.